The molecule has 0 aromatic carbocycles. The number of carbonyl (C=O) groups is 1. The van der Waals surface area contributed by atoms with E-state index in [0.29, 0.717) is 6.04 Å². The van der Waals surface area contributed by atoms with Gasteiger partial charge in [-0.1, -0.05) is 19.8 Å². The Morgan fingerprint density at radius 1 is 1.25 bits per heavy atom. The Kier molecular flexibility index (Phi) is 5.85. The number of primary amides is 1. The van der Waals surface area contributed by atoms with Crippen LogP contribution in [-0.4, -0.2) is 42.0 Å². The maximum Gasteiger partial charge on any atom is 0.237 e. The van der Waals surface area contributed by atoms with E-state index in [2.05, 4.69) is 17.1 Å². The number of nitrogens with one attached hydrogen (secondary N) is 1. The van der Waals surface area contributed by atoms with Crippen LogP contribution in [0.3, 0.4) is 0 Å². The zero-order valence-corrected chi connectivity index (χ0v) is 13.0. The third-order valence-electron chi connectivity index (χ3n) is 5.07. The van der Waals surface area contributed by atoms with E-state index in [1.54, 1.807) is 0 Å². The maximum absolute atomic E-state index is 12.0. The molecule has 2 rings (SSSR count). The summed E-state index contributed by atoms with van der Waals surface area (Å²) in [6.07, 6.45) is 10.5. The molecule has 0 aromatic heterocycles. The first-order valence-corrected chi connectivity index (χ1v) is 8.47. The predicted octanol–water partition coefficient (Wildman–Crippen LogP) is 2.03. The molecular weight excluding hydrogens is 250 g/mol. The lowest BCUT2D eigenvalue weighted by Gasteiger charge is -2.43. The second-order valence-corrected chi connectivity index (χ2v) is 6.57. The zero-order valence-electron chi connectivity index (χ0n) is 13.0. The average Bonchev–Trinajstić information content (AvgIpc) is 2.74. The third-order valence-corrected chi connectivity index (χ3v) is 5.07. The van der Waals surface area contributed by atoms with Gasteiger partial charge < -0.3 is 16.0 Å². The quantitative estimate of drug-likeness (QED) is 0.810. The number of likely N-dealkylation sites (tertiary alicyclic amines) is 1. The van der Waals surface area contributed by atoms with Crippen molar-refractivity contribution in [1.82, 2.24) is 10.2 Å². The summed E-state index contributed by atoms with van der Waals surface area (Å²) >= 11 is 0. The fourth-order valence-corrected chi connectivity index (χ4v) is 3.85. The SMILES string of the molecule is CCCNC1(C(N)=O)CCCC(N2CCCCCC2)C1. The normalized spacial score (nSPS) is 32.8. The minimum Gasteiger partial charge on any atom is -0.368 e. The Morgan fingerprint density at radius 3 is 2.55 bits per heavy atom. The molecule has 0 aromatic rings. The Balaban J connectivity index is 2.02. The molecule has 1 aliphatic heterocycles. The molecule has 3 N–H and O–H groups in total. The van der Waals surface area contributed by atoms with Gasteiger partial charge >= 0.3 is 0 Å². The van der Waals surface area contributed by atoms with Crippen molar-refractivity contribution in [2.24, 2.45) is 5.73 Å². The Hall–Kier alpha value is -0.610. The number of hydrogen-bond donors (Lipinski definition) is 2. The summed E-state index contributed by atoms with van der Waals surface area (Å²) in [5.41, 5.74) is 5.29. The second kappa shape index (κ2) is 7.41. The van der Waals surface area contributed by atoms with Crippen molar-refractivity contribution in [1.29, 1.82) is 0 Å². The highest BCUT2D eigenvalue weighted by molar-refractivity contribution is 5.84. The highest BCUT2D eigenvalue weighted by Crippen LogP contribution is 2.32. The van der Waals surface area contributed by atoms with E-state index in [-0.39, 0.29) is 5.91 Å². The Labute approximate surface area is 123 Å². The Bertz CT molecular complexity index is 313. The molecule has 1 saturated carbocycles. The lowest BCUT2D eigenvalue weighted by molar-refractivity contribution is -0.126. The summed E-state index contributed by atoms with van der Waals surface area (Å²) in [4.78, 5) is 14.6. The fraction of sp³-hybridized carbons (Fsp3) is 0.938. The van der Waals surface area contributed by atoms with E-state index >= 15 is 0 Å². The van der Waals surface area contributed by atoms with E-state index in [1.807, 2.05) is 0 Å². The standard InChI is InChI=1S/C16H31N3O/c1-2-10-18-16(15(17)20)9-7-8-14(13-16)19-11-5-3-4-6-12-19/h14,18H,2-13H2,1H3,(H2,17,20). The molecule has 1 saturated heterocycles. The number of hydrogen-bond acceptors (Lipinski definition) is 3. The fourth-order valence-electron chi connectivity index (χ4n) is 3.85. The lowest BCUT2D eigenvalue weighted by atomic mass is 9.77. The van der Waals surface area contributed by atoms with Crippen LogP contribution in [0, 0.1) is 0 Å². The molecule has 2 aliphatic rings. The number of nitrogens with two attached hydrogens (primary N) is 1. The molecule has 1 aliphatic carbocycles. The molecule has 20 heavy (non-hydrogen) atoms. The van der Waals surface area contributed by atoms with Crippen molar-refractivity contribution in [2.45, 2.75) is 76.3 Å². The molecule has 0 bridgehead atoms. The van der Waals surface area contributed by atoms with Crippen LogP contribution in [0.1, 0.15) is 64.7 Å². The van der Waals surface area contributed by atoms with Gasteiger partial charge in [-0.25, -0.2) is 0 Å². The first-order chi connectivity index (χ1) is 9.68. The summed E-state index contributed by atoms with van der Waals surface area (Å²) in [5.74, 6) is -0.148. The van der Waals surface area contributed by atoms with Gasteiger partial charge in [-0.05, 0) is 64.6 Å². The van der Waals surface area contributed by atoms with Crippen LogP contribution in [0.2, 0.25) is 0 Å². The lowest BCUT2D eigenvalue weighted by Crippen LogP contribution is -2.60. The van der Waals surface area contributed by atoms with Gasteiger partial charge in [0.15, 0.2) is 0 Å². The highest BCUT2D eigenvalue weighted by atomic mass is 16.1. The van der Waals surface area contributed by atoms with Gasteiger partial charge in [0.1, 0.15) is 0 Å². The molecule has 1 heterocycles. The van der Waals surface area contributed by atoms with Crippen LogP contribution in [0.5, 0.6) is 0 Å². The summed E-state index contributed by atoms with van der Waals surface area (Å²) < 4.78 is 0. The van der Waals surface area contributed by atoms with E-state index in [9.17, 15) is 4.79 Å². The molecule has 0 radical (unpaired) electrons. The Morgan fingerprint density at radius 2 is 1.95 bits per heavy atom. The summed E-state index contributed by atoms with van der Waals surface area (Å²) in [7, 11) is 0. The van der Waals surface area contributed by atoms with Crippen molar-refractivity contribution < 1.29 is 4.79 Å². The van der Waals surface area contributed by atoms with Gasteiger partial charge in [-0.3, -0.25) is 4.79 Å². The van der Waals surface area contributed by atoms with Crippen molar-refractivity contribution >= 4 is 5.91 Å². The molecule has 0 spiro atoms. The van der Waals surface area contributed by atoms with E-state index < -0.39 is 5.54 Å². The van der Waals surface area contributed by atoms with Crippen LogP contribution < -0.4 is 11.1 Å². The van der Waals surface area contributed by atoms with Crippen molar-refractivity contribution in [3.8, 4) is 0 Å². The van der Waals surface area contributed by atoms with Crippen LogP contribution in [-0.2, 0) is 4.79 Å². The van der Waals surface area contributed by atoms with Crippen LogP contribution in [0.15, 0.2) is 0 Å². The van der Waals surface area contributed by atoms with Crippen LogP contribution in [0.4, 0.5) is 0 Å². The topological polar surface area (TPSA) is 58.4 Å². The summed E-state index contributed by atoms with van der Waals surface area (Å²) in [5, 5.41) is 3.47. The van der Waals surface area contributed by atoms with E-state index in [1.165, 1.54) is 45.2 Å². The van der Waals surface area contributed by atoms with Crippen LogP contribution in [0.25, 0.3) is 0 Å². The minimum atomic E-state index is -0.453. The van der Waals surface area contributed by atoms with Gasteiger partial charge in [-0.15, -0.1) is 0 Å². The third kappa shape index (κ3) is 3.73. The van der Waals surface area contributed by atoms with Crippen molar-refractivity contribution in [2.75, 3.05) is 19.6 Å². The minimum absolute atomic E-state index is 0.148. The van der Waals surface area contributed by atoms with Gasteiger partial charge in [-0.2, -0.15) is 0 Å². The van der Waals surface area contributed by atoms with Crippen molar-refractivity contribution in [3.05, 3.63) is 0 Å². The first-order valence-electron chi connectivity index (χ1n) is 8.47. The number of nitrogens with zero attached hydrogens (tertiary/aromatic N) is 1. The monoisotopic (exact) mass is 281 g/mol. The van der Waals surface area contributed by atoms with Gasteiger partial charge in [0.05, 0.1) is 5.54 Å². The average molecular weight is 281 g/mol. The predicted molar refractivity (Wildman–Crippen MR) is 82.5 cm³/mol. The summed E-state index contributed by atoms with van der Waals surface area (Å²) in [6, 6.07) is 0.540. The van der Waals surface area contributed by atoms with Gasteiger partial charge in [0, 0.05) is 6.04 Å². The molecular formula is C16H31N3O. The second-order valence-electron chi connectivity index (χ2n) is 6.57. The van der Waals surface area contributed by atoms with Crippen molar-refractivity contribution in [3.63, 3.8) is 0 Å². The first kappa shape index (κ1) is 15.8. The molecule has 2 unspecified atom stereocenters. The largest absolute Gasteiger partial charge is 0.368 e. The van der Waals surface area contributed by atoms with Crippen LogP contribution >= 0.6 is 0 Å². The number of carbonyl (C=O) groups excluding carboxylic acids is 1. The molecule has 1 amide bonds. The number of rotatable bonds is 5. The zero-order chi connectivity index (χ0) is 14.4. The molecule has 4 nitrogen and oxygen atoms in total. The number of amides is 1. The van der Waals surface area contributed by atoms with Gasteiger partial charge in [0.25, 0.3) is 0 Å². The van der Waals surface area contributed by atoms with E-state index in [0.717, 1.165) is 32.2 Å². The maximum atomic E-state index is 12.0. The van der Waals surface area contributed by atoms with E-state index in [4.69, 9.17) is 5.73 Å². The van der Waals surface area contributed by atoms with Gasteiger partial charge in [0.2, 0.25) is 5.91 Å². The molecule has 116 valence electrons. The molecule has 4 heteroatoms. The summed E-state index contributed by atoms with van der Waals surface area (Å²) in [6.45, 7) is 5.42. The molecule has 2 atom stereocenters. The highest BCUT2D eigenvalue weighted by Gasteiger charge is 2.42. The smallest absolute Gasteiger partial charge is 0.237 e. The molecule has 2 fully saturated rings.